The van der Waals surface area contributed by atoms with Gasteiger partial charge in [-0.3, -0.25) is 14.4 Å². The van der Waals surface area contributed by atoms with Crippen molar-refractivity contribution < 1.29 is 32.6 Å². The first-order chi connectivity index (χ1) is 20.4. The molecule has 10 N–H and O–H groups in total. The second-order valence-electron chi connectivity index (χ2n) is 9.71. The maximum Gasteiger partial charge on any atom is 0.323 e. The Labute approximate surface area is 251 Å². The van der Waals surface area contributed by atoms with Crippen LogP contribution in [-0.2, 0) is 19.6 Å². The summed E-state index contributed by atoms with van der Waals surface area (Å²) in [6, 6.07) is 5.99. The molecular formula is C28H41N7O7S. The third-order valence-electron chi connectivity index (χ3n) is 6.21. The maximum atomic E-state index is 13.2. The molecular weight excluding hydrogens is 578 g/mol. The number of ether oxygens (including phenoxy) is 1. The number of carboxylic acid groups (broad SMARTS) is 1. The predicted octanol–water partition coefficient (Wildman–Crippen LogP) is 0.457. The summed E-state index contributed by atoms with van der Waals surface area (Å²) in [5, 5.41) is 25.6. The van der Waals surface area contributed by atoms with Gasteiger partial charge in [-0.1, -0.05) is 0 Å². The van der Waals surface area contributed by atoms with Crippen LogP contribution in [0.1, 0.15) is 46.3 Å². The predicted molar refractivity (Wildman–Crippen MR) is 163 cm³/mol. The van der Waals surface area contributed by atoms with E-state index < -0.39 is 34.5 Å². The summed E-state index contributed by atoms with van der Waals surface area (Å²) in [4.78, 5) is 36.2. The number of rotatable bonds is 19. The highest BCUT2D eigenvalue weighted by Gasteiger charge is 2.28. The Kier molecular flexibility index (Phi) is 14.0. The second kappa shape index (κ2) is 17.2. The Balaban J connectivity index is 2.06. The van der Waals surface area contributed by atoms with E-state index in [1.165, 1.54) is 24.3 Å². The number of hydrogen-bond acceptors (Lipinski definition) is 10. The molecule has 0 heterocycles. The van der Waals surface area contributed by atoms with Crippen LogP contribution in [0.4, 0.5) is 5.69 Å². The average molecular weight is 620 g/mol. The molecule has 0 aliphatic heterocycles. The number of nitrogens with one attached hydrogen (secondary N) is 5. The van der Waals surface area contributed by atoms with E-state index in [4.69, 9.17) is 21.6 Å². The topological polar surface area (TPSA) is 239 Å². The van der Waals surface area contributed by atoms with Crippen molar-refractivity contribution in [2.75, 3.05) is 44.6 Å². The van der Waals surface area contributed by atoms with Crippen LogP contribution < -0.4 is 36.9 Å². The third-order valence-corrected chi connectivity index (χ3v) is 7.99. The van der Waals surface area contributed by atoms with Crippen LogP contribution in [0.5, 0.6) is 5.75 Å². The van der Waals surface area contributed by atoms with Gasteiger partial charge in [-0.15, -0.1) is 0 Å². The number of carbonyl (C=O) groups excluding carboxylic acids is 2. The normalized spacial score (nSPS) is 11.8. The van der Waals surface area contributed by atoms with Crippen molar-refractivity contribution >= 4 is 39.7 Å². The minimum absolute atomic E-state index is 0.105. The van der Waals surface area contributed by atoms with E-state index >= 15 is 0 Å². The first kappa shape index (κ1) is 35.1. The monoisotopic (exact) mass is 619 g/mol. The number of nitrogens with two attached hydrogens (primary N) is 2. The SMILES string of the molecule is Cc1cc(OCCCC(=O)NCCN)cc(C)c1S(=O)(=O)N[C@@H](CNC(=O)c1ccc(NCCCN)c(C=N)c1)C(=O)O. The third kappa shape index (κ3) is 10.9. The molecule has 1 atom stereocenters. The summed E-state index contributed by atoms with van der Waals surface area (Å²) >= 11 is 0. The van der Waals surface area contributed by atoms with E-state index in [9.17, 15) is 27.9 Å². The highest BCUT2D eigenvalue weighted by atomic mass is 32.2. The molecule has 0 bridgehead atoms. The minimum atomic E-state index is -4.32. The van der Waals surface area contributed by atoms with E-state index in [1.54, 1.807) is 19.9 Å². The molecule has 0 spiro atoms. The van der Waals surface area contributed by atoms with Crippen molar-refractivity contribution in [3.63, 3.8) is 0 Å². The summed E-state index contributed by atoms with van der Waals surface area (Å²) in [7, 11) is -4.32. The lowest BCUT2D eigenvalue weighted by Gasteiger charge is -2.19. The fraction of sp³-hybridized carbons (Fsp3) is 0.429. The largest absolute Gasteiger partial charge is 0.494 e. The van der Waals surface area contributed by atoms with Gasteiger partial charge in [-0.25, -0.2) is 8.42 Å². The van der Waals surface area contributed by atoms with Crippen LogP contribution in [0.15, 0.2) is 35.2 Å². The average Bonchev–Trinajstić information content (AvgIpc) is 2.95. The highest BCUT2D eigenvalue weighted by Crippen LogP contribution is 2.26. The summed E-state index contributed by atoms with van der Waals surface area (Å²) in [5.41, 5.74) is 12.8. The van der Waals surface area contributed by atoms with E-state index in [0.717, 1.165) is 12.6 Å². The number of benzene rings is 2. The number of amides is 2. The molecule has 15 heteroatoms. The summed E-state index contributed by atoms with van der Waals surface area (Å²) in [6.45, 7) is 4.66. The van der Waals surface area contributed by atoms with Crippen LogP contribution in [0.25, 0.3) is 0 Å². The van der Waals surface area contributed by atoms with Gasteiger partial charge in [0, 0.05) is 55.6 Å². The van der Waals surface area contributed by atoms with E-state index in [0.29, 0.717) is 60.7 Å². The summed E-state index contributed by atoms with van der Waals surface area (Å²) in [5.74, 6) is -1.84. The van der Waals surface area contributed by atoms with Crippen LogP contribution in [-0.4, -0.2) is 82.9 Å². The van der Waals surface area contributed by atoms with Crippen LogP contribution >= 0.6 is 0 Å². The standard InChI is InChI=1S/C28H41N7O7S/c1-18-13-22(42-12-3-5-25(36)33-11-9-30)14-19(2)26(18)43(40,41)35-24(28(38)39)17-34-27(37)20-6-7-23(21(15-20)16-31)32-10-4-8-29/h6-7,13-16,24,31-32,35H,3-5,8-12,17,29-30H2,1-2H3,(H,33,36)(H,34,37)(H,38,39)/t24-/m0/s1. The van der Waals surface area contributed by atoms with Gasteiger partial charge in [0.05, 0.1) is 11.5 Å². The van der Waals surface area contributed by atoms with E-state index in [1.807, 2.05) is 0 Å². The Morgan fingerprint density at radius 2 is 1.72 bits per heavy atom. The van der Waals surface area contributed by atoms with Crippen molar-refractivity contribution in [2.45, 2.75) is 44.0 Å². The maximum absolute atomic E-state index is 13.2. The van der Waals surface area contributed by atoms with E-state index in [-0.39, 0.29) is 29.4 Å². The Morgan fingerprint density at radius 1 is 1.02 bits per heavy atom. The molecule has 43 heavy (non-hydrogen) atoms. The summed E-state index contributed by atoms with van der Waals surface area (Å²) in [6.07, 6.45) is 2.50. The Morgan fingerprint density at radius 3 is 2.33 bits per heavy atom. The smallest absolute Gasteiger partial charge is 0.323 e. The lowest BCUT2D eigenvalue weighted by Crippen LogP contribution is -2.48. The molecule has 0 aromatic heterocycles. The molecule has 0 unspecified atom stereocenters. The van der Waals surface area contributed by atoms with Crippen molar-refractivity contribution in [1.29, 1.82) is 5.41 Å². The van der Waals surface area contributed by atoms with Gasteiger partial charge < -0.3 is 42.7 Å². The van der Waals surface area contributed by atoms with E-state index in [2.05, 4.69) is 20.7 Å². The number of aryl methyl sites for hydroxylation is 2. The molecule has 0 saturated carbocycles. The molecule has 236 valence electrons. The lowest BCUT2D eigenvalue weighted by molar-refractivity contribution is -0.138. The summed E-state index contributed by atoms with van der Waals surface area (Å²) < 4.78 is 34.3. The van der Waals surface area contributed by atoms with Gasteiger partial charge in [0.15, 0.2) is 0 Å². The van der Waals surface area contributed by atoms with Gasteiger partial charge in [0.2, 0.25) is 15.9 Å². The minimum Gasteiger partial charge on any atom is -0.494 e. The van der Waals surface area contributed by atoms with Gasteiger partial charge in [-0.05, 0) is 74.7 Å². The van der Waals surface area contributed by atoms with Gasteiger partial charge in [0.1, 0.15) is 11.8 Å². The molecule has 14 nitrogen and oxygen atoms in total. The molecule has 0 fully saturated rings. The lowest BCUT2D eigenvalue weighted by atomic mass is 10.1. The number of carbonyl (C=O) groups is 3. The Hall–Kier alpha value is -4.05. The first-order valence-corrected chi connectivity index (χ1v) is 15.2. The zero-order valence-electron chi connectivity index (χ0n) is 24.4. The fourth-order valence-electron chi connectivity index (χ4n) is 4.17. The van der Waals surface area contributed by atoms with Crippen molar-refractivity contribution in [3.05, 3.63) is 52.6 Å². The molecule has 2 aromatic rings. The molecule has 2 amide bonds. The van der Waals surface area contributed by atoms with Crippen molar-refractivity contribution in [1.82, 2.24) is 15.4 Å². The number of anilines is 1. The zero-order chi connectivity index (χ0) is 32.0. The highest BCUT2D eigenvalue weighted by molar-refractivity contribution is 7.89. The molecule has 2 rings (SSSR count). The molecule has 2 aromatic carbocycles. The van der Waals surface area contributed by atoms with Crippen LogP contribution in [0, 0.1) is 19.3 Å². The molecule has 0 radical (unpaired) electrons. The van der Waals surface area contributed by atoms with Crippen molar-refractivity contribution in [2.24, 2.45) is 11.5 Å². The van der Waals surface area contributed by atoms with Gasteiger partial charge in [-0.2, -0.15) is 4.72 Å². The van der Waals surface area contributed by atoms with Crippen LogP contribution in [0.2, 0.25) is 0 Å². The zero-order valence-corrected chi connectivity index (χ0v) is 25.2. The Bertz CT molecular complexity index is 1380. The molecule has 0 aliphatic rings. The molecule has 0 saturated heterocycles. The number of hydrogen-bond donors (Lipinski definition) is 8. The van der Waals surface area contributed by atoms with Gasteiger partial charge >= 0.3 is 5.97 Å². The van der Waals surface area contributed by atoms with Crippen molar-refractivity contribution in [3.8, 4) is 5.75 Å². The van der Waals surface area contributed by atoms with Gasteiger partial charge in [0.25, 0.3) is 5.91 Å². The number of aliphatic carboxylic acids is 1. The molecule has 0 aliphatic carbocycles. The second-order valence-corrected chi connectivity index (χ2v) is 11.4. The van der Waals surface area contributed by atoms with Crippen LogP contribution in [0.3, 0.4) is 0 Å². The quantitative estimate of drug-likeness (QED) is 0.0798. The number of carboxylic acids is 1. The number of sulfonamides is 1. The fourth-order valence-corrected chi connectivity index (χ4v) is 5.81. The first-order valence-electron chi connectivity index (χ1n) is 13.8.